The Hall–Kier alpha value is -0.740. The molecule has 0 N–H and O–H groups in total. The lowest BCUT2D eigenvalue weighted by molar-refractivity contribution is -0.137. The molecule has 6 heteroatoms. The third kappa shape index (κ3) is 2.63. The van der Waals surface area contributed by atoms with Gasteiger partial charge in [0.05, 0.1) is 16.5 Å². The van der Waals surface area contributed by atoms with Crippen molar-refractivity contribution in [3.05, 3.63) is 34.3 Å². The lowest BCUT2D eigenvalue weighted by atomic mass is 10.1. The second kappa shape index (κ2) is 4.41. The predicted octanol–water partition coefficient (Wildman–Crippen LogP) is 3.78. The topological polar surface area (TPSA) is 17.1 Å². The van der Waals surface area contributed by atoms with Crippen molar-refractivity contribution in [2.45, 2.75) is 6.18 Å². The molecule has 15 heavy (non-hydrogen) atoms. The van der Waals surface area contributed by atoms with Crippen LogP contribution in [0.4, 0.5) is 13.2 Å². The first-order valence-corrected chi connectivity index (χ1v) is 4.74. The fourth-order valence-corrected chi connectivity index (χ4v) is 1.52. The highest BCUT2D eigenvalue weighted by Crippen LogP contribution is 2.36. The van der Waals surface area contributed by atoms with Gasteiger partial charge in [-0.2, -0.15) is 13.2 Å². The van der Waals surface area contributed by atoms with Crippen LogP contribution in [0.3, 0.4) is 0 Å². The van der Waals surface area contributed by atoms with E-state index in [4.69, 9.17) is 23.2 Å². The number of hydrogen-bond acceptors (Lipinski definition) is 1. The lowest BCUT2D eigenvalue weighted by Crippen LogP contribution is -2.10. The number of carbonyl (C=O) groups excluding carboxylic acids is 1. The van der Waals surface area contributed by atoms with Crippen LogP contribution in [0.5, 0.6) is 0 Å². The standard InChI is InChI=1S/C9H5Cl2F3O/c10-4-7(15)5-2-1-3-6(8(5)11)9(12,13)14/h1-3H,4H2. The van der Waals surface area contributed by atoms with Crippen LogP contribution in [0, 0.1) is 0 Å². The summed E-state index contributed by atoms with van der Waals surface area (Å²) in [6.07, 6.45) is -4.57. The fraction of sp³-hybridized carbons (Fsp3) is 0.222. The minimum atomic E-state index is -4.57. The second-order valence-electron chi connectivity index (χ2n) is 2.72. The molecule has 0 bridgehead atoms. The van der Waals surface area contributed by atoms with Crippen LogP contribution in [-0.2, 0) is 6.18 Å². The Kier molecular flexibility index (Phi) is 3.62. The minimum absolute atomic E-state index is 0.207. The van der Waals surface area contributed by atoms with E-state index >= 15 is 0 Å². The number of hydrogen-bond donors (Lipinski definition) is 0. The highest BCUT2D eigenvalue weighted by atomic mass is 35.5. The normalized spacial score (nSPS) is 11.5. The summed E-state index contributed by atoms with van der Waals surface area (Å²) in [4.78, 5) is 11.1. The average Bonchev–Trinajstić information content (AvgIpc) is 2.15. The molecule has 0 spiro atoms. The summed E-state index contributed by atoms with van der Waals surface area (Å²) in [6, 6.07) is 3.14. The van der Waals surface area contributed by atoms with Crippen LogP contribution in [0.15, 0.2) is 18.2 Å². The van der Waals surface area contributed by atoms with E-state index in [9.17, 15) is 18.0 Å². The van der Waals surface area contributed by atoms with Crippen molar-refractivity contribution in [1.29, 1.82) is 0 Å². The SMILES string of the molecule is O=C(CCl)c1cccc(C(F)(F)F)c1Cl. The zero-order chi connectivity index (χ0) is 11.6. The Morgan fingerprint density at radius 3 is 2.40 bits per heavy atom. The molecule has 0 aromatic heterocycles. The summed E-state index contributed by atoms with van der Waals surface area (Å²) in [7, 11) is 0. The molecular formula is C9H5Cl2F3O. The van der Waals surface area contributed by atoms with Crippen molar-refractivity contribution in [3.8, 4) is 0 Å². The third-order valence-corrected chi connectivity index (χ3v) is 2.38. The Morgan fingerprint density at radius 2 is 1.93 bits per heavy atom. The monoisotopic (exact) mass is 256 g/mol. The first-order chi connectivity index (χ1) is 6.88. The molecule has 1 rings (SSSR count). The van der Waals surface area contributed by atoms with Crippen molar-refractivity contribution in [1.82, 2.24) is 0 Å². The van der Waals surface area contributed by atoms with Crippen LogP contribution >= 0.6 is 23.2 Å². The van der Waals surface area contributed by atoms with E-state index in [-0.39, 0.29) is 5.56 Å². The maximum Gasteiger partial charge on any atom is 0.417 e. The van der Waals surface area contributed by atoms with Crippen LogP contribution in [-0.4, -0.2) is 11.7 Å². The van der Waals surface area contributed by atoms with E-state index in [0.29, 0.717) is 0 Å². The molecule has 0 unspecified atom stereocenters. The van der Waals surface area contributed by atoms with Crippen molar-refractivity contribution in [3.63, 3.8) is 0 Å². The van der Waals surface area contributed by atoms with Crippen LogP contribution in [0.2, 0.25) is 5.02 Å². The van der Waals surface area contributed by atoms with Gasteiger partial charge in [-0.25, -0.2) is 0 Å². The summed E-state index contributed by atoms with van der Waals surface area (Å²) < 4.78 is 37.1. The number of ketones is 1. The first kappa shape index (κ1) is 12.3. The van der Waals surface area contributed by atoms with Crippen molar-refractivity contribution < 1.29 is 18.0 Å². The Morgan fingerprint density at radius 1 is 1.33 bits per heavy atom. The molecule has 82 valence electrons. The van der Waals surface area contributed by atoms with Gasteiger partial charge in [-0.3, -0.25) is 4.79 Å². The van der Waals surface area contributed by atoms with E-state index in [2.05, 4.69) is 0 Å². The quantitative estimate of drug-likeness (QED) is 0.582. The van der Waals surface area contributed by atoms with Crippen molar-refractivity contribution in [2.75, 3.05) is 5.88 Å². The molecule has 1 aromatic rings. The predicted molar refractivity (Wildman–Crippen MR) is 51.5 cm³/mol. The molecule has 0 heterocycles. The first-order valence-electron chi connectivity index (χ1n) is 3.82. The average molecular weight is 257 g/mol. The van der Waals surface area contributed by atoms with Gasteiger partial charge in [0.1, 0.15) is 0 Å². The van der Waals surface area contributed by atoms with Crippen LogP contribution < -0.4 is 0 Å². The molecule has 1 aromatic carbocycles. The van der Waals surface area contributed by atoms with Crippen molar-refractivity contribution >= 4 is 29.0 Å². The Bertz CT molecular complexity index is 387. The summed E-state index contributed by atoms with van der Waals surface area (Å²) in [5.41, 5.74) is -1.23. The number of benzene rings is 1. The van der Waals surface area contributed by atoms with Crippen molar-refractivity contribution in [2.24, 2.45) is 0 Å². The summed E-state index contributed by atoms with van der Waals surface area (Å²) in [6.45, 7) is 0. The zero-order valence-corrected chi connectivity index (χ0v) is 8.75. The number of carbonyl (C=O) groups is 1. The van der Waals surface area contributed by atoms with E-state index in [1.807, 2.05) is 0 Å². The molecule has 0 aliphatic heterocycles. The highest BCUT2D eigenvalue weighted by Gasteiger charge is 2.34. The minimum Gasteiger partial charge on any atom is -0.293 e. The maximum absolute atomic E-state index is 12.4. The van der Waals surface area contributed by atoms with Gasteiger partial charge in [0.2, 0.25) is 0 Å². The van der Waals surface area contributed by atoms with Gasteiger partial charge in [0.25, 0.3) is 0 Å². The van der Waals surface area contributed by atoms with Crippen LogP contribution in [0.1, 0.15) is 15.9 Å². The maximum atomic E-state index is 12.4. The summed E-state index contributed by atoms with van der Waals surface area (Å²) >= 11 is 10.7. The molecule has 0 atom stereocenters. The van der Waals surface area contributed by atoms with E-state index in [1.165, 1.54) is 6.07 Å². The molecule has 0 fully saturated rings. The summed E-state index contributed by atoms with van der Waals surface area (Å²) in [5.74, 6) is -1.03. The van der Waals surface area contributed by atoms with E-state index < -0.39 is 28.4 Å². The zero-order valence-electron chi connectivity index (χ0n) is 7.24. The molecule has 0 saturated heterocycles. The fourth-order valence-electron chi connectivity index (χ4n) is 1.04. The lowest BCUT2D eigenvalue weighted by Gasteiger charge is -2.10. The van der Waals surface area contributed by atoms with Gasteiger partial charge in [0, 0.05) is 5.56 Å². The number of halogens is 5. The molecule has 0 aliphatic carbocycles. The largest absolute Gasteiger partial charge is 0.417 e. The molecular weight excluding hydrogens is 252 g/mol. The molecule has 0 saturated carbocycles. The van der Waals surface area contributed by atoms with Gasteiger partial charge >= 0.3 is 6.18 Å². The van der Waals surface area contributed by atoms with Gasteiger partial charge < -0.3 is 0 Å². The molecule has 0 aliphatic rings. The number of Topliss-reactive ketones (excluding diaryl/α,β-unsaturated/α-hetero) is 1. The second-order valence-corrected chi connectivity index (χ2v) is 3.37. The molecule has 0 amide bonds. The van der Waals surface area contributed by atoms with Crippen LogP contribution in [0.25, 0.3) is 0 Å². The van der Waals surface area contributed by atoms with E-state index in [0.717, 1.165) is 12.1 Å². The molecule has 1 nitrogen and oxygen atoms in total. The smallest absolute Gasteiger partial charge is 0.293 e. The number of rotatable bonds is 2. The van der Waals surface area contributed by atoms with Gasteiger partial charge in [-0.1, -0.05) is 17.7 Å². The highest BCUT2D eigenvalue weighted by molar-refractivity contribution is 6.37. The van der Waals surface area contributed by atoms with Gasteiger partial charge in [-0.05, 0) is 12.1 Å². The van der Waals surface area contributed by atoms with Gasteiger partial charge in [0.15, 0.2) is 5.78 Å². The molecule has 0 radical (unpaired) electrons. The van der Waals surface area contributed by atoms with Gasteiger partial charge in [-0.15, -0.1) is 11.6 Å². The summed E-state index contributed by atoms with van der Waals surface area (Å²) in [5, 5.41) is -0.601. The Labute approximate surface area is 93.8 Å². The Balaban J connectivity index is 3.30. The number of alkyl halides is 4. The third-order valence-electron chi connectivity index (χ3n) is 1.73. The van der Waals surface area contributed by atoms with E-state index in [1.54, 1.807) is 0 Å².